The highest BCUT2D eigenvalue weighted by Gasteiger charge is 2.33. The number of hydrogen-bond acceptors (Lipinski definition) is 6. The molecule has 30 heavy (non-hydrogen) atoms. The molecular weight excluding hydrogens is 454 g/mol. The van der Waals surface area contributed by atoms with Crippen LogP contribution in [-0.2, 0) is 9.47 Å². The van der Waals surface area contributed by atoms with Crippen molar-refractivity contribution in [2.45, 2.75) is 65.1 Å². The van der Waals surface area contributed by atoms with Crippen molar-refractivity contribution in [1.82, 2.24) is 19.3 Å². The summed E-state index contributed by atoms with van der Waals surface area (Å²) in [6.07, 6.45) is 1.47. The number of imidazole rings is 1. The lowest BCUT2D eigenvalue weighted by molar-refractivity contribution is 0.0292. The van der Waals surface area contributed by atoms with Gasteiger partial charge in [-0.05, 0) is 70.0 Å². The fourth-order valence-electron chi connectivity index (χ4n) is 3.28. The van der Waals surface area contributed by atoms with Gasteiger partial charge in [-0.25, -0.2) is 19.6 Å². The average Bonchev–Trinajstić information content (AvgIpc) is 3.17. The number of halogens is 1. The number of fused-ring (bicyclic) bond motifs is 1. The van der Waals surface area contributed by atoms with Crippen LogP contribution in [0.15, 0.2) is 17.0 Å². The summed E-state index contributed by atoms with van der Waals surface area (Å²) in [6.45, 7) is 12.1. The van der Waals surface area contributed by atoms with Gasteiger partial charge in [-0.1, -0.05) is 0 Å². The van der Waals surface area contributed by atoms with Crippen LogP contribution >= 0.6 is 15.9 Å². The summed E-state index contributed by atoms with van der Waals surface area (Å²) in [6, 6.07) is 1.84. The molecule has 1 saturated heterocycles. The van der Waals surface area contributed by atoms with Crippen LogP contribution in [0.5, 0.6) is 0 Å². The van der Waals surface area contributed by atoms with E-state index in [2.05, 4.69) is 31.2 Å². The zero-order valence-electron chi connectivity index (χ0n) is 18.2. The Hall–Kier alpha value is -2.36. The number of rotatable bonds is 2. The van der Waals surface area contributed by atoms with E-state index in [1.165, 1.54) is 0 Å². The summed E-state index contributed by atoms with van der Waals surface area (Å²) in [7, 11) is 0. The maximum absolute atomic E-state index is 12.4. The number of carbonyl (C=O) groups excluding carboxylic acids is 2. The Morgan fingerprint density at radius 2 is 1.83 bits per heavy atom. The highest BCUT2D eigenvalue weighted by molar-refractivity contribution is 9.10. The maximum Gasteiger partial charge on any atom is 0.414 e. The lowest BCUT2D eigenvalue weighted by Crippen LogP contribution is -2.35. The summed E-state index contributed by atoms with van der Waals surface area (Å²) in [4.78, 5) is 35.2. The smallest absolute Gasteiger partial charge is 0.414 e. The molecule has 164 valence electrons. The van der Waals surface area contributed by atoms with Crippen molar-refractivity contribution in [2.24, 2.45) is 0 Å². The second-order valence-corrected chi connectivity index (χ2v) is 10.0. The number of amides is 2. The predicted molar refractivity (Wildman–Crippen MR) is 116 cm³/mol. The third kappa shape index (κ3) is 5.21. The lowest BCUT2D eigenvalue weighted by Gasteiger charge is -2.24. The van der Waals surface area contributed by atoms with Gasteiger partial charge >= 0.3 is 12.2 Å². The molecule has 3 rings (SSSR count). The average molecular weight is 482 g/mol. The van der Waals surface area contributed by atoms with Gasteiger partial charge in [0.25, 0.3) is 0 Å². The number of nitrogens with one attached hydrogen (secondary N) is 1. The molecule has 9 nitrogen and oxygen atoms in total. The molecule has 1 aliphatic heterocycles. The first-order valence-electron chi connectivity index (χ1n) is 9.85. The zero-order chi connectivity index (χ0) is 22.3. The third-order valence-electron chi connectivity index (χ3n) is 4.38. The molecule has 10 heteroatoms. The van der Waals surface area contributed by atoms with Crippen LogP contribution in [0.1, 0.15) is 59.6 Å². The second-order valence-electron chi connectivity index (χ2n) is 9.29. The quantitative estimate of drug-likeness (QED) is 0.674. The highest BCUT2D eigenvalue weighted by Crippen LogP contribution is 2.33. The maximum atomic E-state index is 12.4. The summed E-state index contributed by atoms with van der Waals surface area (Å²) in [5.41, 5.74) is 0.485. The molecule has 1 aliphatic rings. The van der Waals surface area contributed by atoms with Gasteiger partial charge in [0.05, 0.1) is 11.2 Å². The molecule has 2 amide bonds. The van der Waals surface area contributed by atoms with Crippen LogP contribution in [0.2, 0.25) is 0 Å². The van der Waals surface area contributed by atoms with Gasteiger partial charge in [0, 0.05) is 25.2 Å². The van der Waals surface area contributed by atoms with Gasteiger partial charge in [0.1, 0.15) is 11.2 Å². The molecule has 2 aromatic heterocycles. The molecule has 0 aromatic carbocycles. The van der Waals surface area contributed by atoms with E-state index in [9.17, 15) is 9.59 Å². The van der Waals surface area contributed by atoms with Gasteiger partial charge in [0.2, 0.25) is 5.95 Å². The molecule has 1 fully saturated rings. The van der Waals surface area contributed by atoms with Gasteiger partial charge in [-0.3, -0.25) is 9.72 Å². The van der Waals surface area contributed by atoms with E-state index in [1.54, 1.807) is 36.3 Å². The van der Waals surface area contributed by atoms with E-state index in [0.29, 0.717) is 23.8 Å². The minimum absolute atomic E-state index is 0.0515. The normalized spacial score (nSPS) is 17.3. The Morgan fingerprint density at radius 1 is 1.17 bits per heavy atom. The molecular formula is C20H28BrN5O4. The first-order valence-corrected chi connectivity index (χ1v) is 10.6. The fourth-order valence-corrected chi connectivity index (χ4v) is 3.83. The molecule has 1 unspecified atom stereocenters. The third-order valence-corrected chi connectivity index (χ3v) is 4.91. The monoisotopic (exact) mass is 481 g/mol. The van der Waals surface area contributed by atoms with Crippen molar-refractivity contribution in [3.63, 3.8) is 0 Å². The van der Waals surface area contributed by atoms with Crippen LogP contribution in [0.3, 0.4) is 0 Å². The predicted octanol–water partition coefficient (Wildman–Crippen LogP) is 4.56. The van der Waals surface area contributed by atoms with Crippen LogP contribution in [0, 0.1) is 0 Å². The number of nitrogens with zero attached hydrogens (tertiary/aromatic N) is 4. The second kappa shape index (κ2) is 8.05. The SMILES string of the molecule is CC(C)(C)OC(=O)Nc1nccc2c(C3CCN(C(=O)OC(C)(C)C)C3)nc(Br)n12. The molecule has 1 atom stereocenters. The van der Waals surface area contributed by atoms with Crippen molar-refractivity contribution in [1.29, 1.82) is 0 Å². The van der Waals surface area contributed by atoms with E-state index in [1.807, 2.05) is 26.8 Å². The van der Waals surface area contributed by atoms with E-state index in [0.717, 1.165) is 17.6 Å². The number of carbonyl (C=O) groups is 2. The Bertz CT molecular complexity index is 960. The Morgan fingerprint density at radius 3 is 2.47 bits per heavy atom. The van der Waals surface area contributed by atoms with Crippen molar-refractivity contribution >= 4 is 39.6 Å². The van der Waals surface area contributed by atoms with E-state index < -0.39 is 17.3 Å². The van der Waals surface area contributed by atoms with Crippen LogP contribution in [0.4, 0.5) is 15.5 Å². The van der Waals surface area contributed by atoms with Crippen molar-refractivity contribution in [2.75, 3.05) is 18.4 Å². The van der Waals surface area contributed by atoms with Crippen LogP contribution in [0.25, 0.3) is 5.52 Å². The molecule has 0 spiro atoms. The Balaban J connectivity index is 1.82. The van der Waals surface area contributed by atoms with Gasteiger partial charge in [-0.15, -0.1) is 0 Å². The number of aromatic nitrogens is 3. The largest absolute Gasteiger partial charge is 0.444 e. The number of ether oxygens (including phenoxy) is 2. The topological polar surface area (TPSA) is 98.1 Å². The fraction of sp³-hybridized carbons (Fsp3) is 0.600. The van der Waals surface area contributed by atoms with Crippen molar-refractivity contribution in [3.8, 4) is 0 Å². The van der Waals surface area contributed by atoms with E-state index in [-0.39, 0.29) is 12.0 Å². The first-order chi connectivity index (χ1) is 13.8. The number of anilines is 1. The number of hydrogen-bond donors (Lipinski definition) is 1. The van der Waals surface area contributed by atoms with Gasteiger partial charge in [0.15, 0.2) is 4.73 Å². The molecule has 3 heterocycles. The summed E-state index contributed by atoms with van der Waals surface area (Å²) in [5.74, 6) is 0.352. The minimum Gasteiger partial charge on any atom is -0.444 e. The first kappa shape index (κ1) is 22.3. The van der Waals surface area contributed by atoms with Crippen LogP contribution < -0.4 is 5.32 Å². The summed E-state index contributed by atoms with van der Waals surface area (Å²) < 4.78 is 13.0. The molecule has 2 aromatic rings. The highest BCUT2D eigenvalue weighted by atomic mass is 79.9. The Kier molecular flexibility index (Phi) is 5.99. The summed E-state index contributed by atoms with van der Waals surface area (Å²) in [5, 5.41) is 2.68. The van der Waals surface area contributed by atoms with Crippen LogP contribution in [-0.4, -0.2) is 55.7 Å². The molecule has 1 N–H and O–H groups in total. The lowest BCUT2D eigenvalue weighted by atomic mass is 10.0. The Labute approximate surface area is 184 Å². The van der Waals surface area contributed by atoms with E-state index in [4.69, 9.17) is 9.47 Å². The summed E-state index contributed by atoms with van der Waals surface area (Å²) >= 11 is 3.47. The molecule has 0 saturated carbocycles. The standard InChI is InChI=1S/C20H28BrN5O4/c1-19(2,3)29-17(27)24-16-22-9-7-13-14(23-15(21)26(13)16)12-8-10-25(11-12)18(28)30-20(4,5)6/h7,9,12H,8,10-11H2,1-6H3,(H,22,24,27). The van der Waals surface area contributed by atoms with E-state index >= 15 is 0 Å². The molecule has 0 bridgehead atoms. The van der Waals surface area contributed by atoms with Gasteiger partial charge in [-0.2, -0.15) is 0 Å². The molecule has 0 radical (unpaired) electrons. The minimum atomic E-state index is -0.621. The van der Waals surface area contributed by atoms with Gasteiger partial charge < -0.3 is 14.4 Å². The van der Waals surface area contributed by atoms with Crippen molar-refractivity contribution in [3.05, 3.63) is 22.7 Å². The molecule has 0 aliphatic carbocycles. The van der Waals surface area contributed by atoms with Crippen molar-refractivity contribution < 1.29 is 19.1 Å². The number of likely N-dealkylation sites (tertiary alicyclic amines) is 1. The zero-order valence-corrected chi connectivity index (χ0v) is 19.7.